The molecule has 0 heterocycles. The van der Waals surface area contributed by atoms with Gasteiger partial charge >= 0.3 is 0 Å². The van der Waals surface area contributed by atoms with Gasteiger partial charge in [0.05, 0.1) is 6.10 Å². The second-order valence-corrected chi connectivity index (χ2v) is 5.28. The Kier molecular flexibility index (Phi) is 4.73. The van der Waals surface area contributed by atoms with E-state index in [-0.39, 0.29) is 12.2 Å². The minimum absolute atomic E-state index is 0.111. The van der Waals surface area contributed by atoms with Crippen LogP contribution in [-0.4, -0.2) is 5.11 Å². The minimum Gasteiger partial charge on any atom is -0.488 e. The number of hydrogen-bond acceptors (Lipinski definition) is 2. The summed E-state index contributed by atoms with van der Waals surface area (Å²) in [5.74, 6) is -1.39. The van der Waals surface area contributed by atoms with Crippen molar-refractivity contribution in [1.82, 2.24) is 0 Å². The van der Waals surface area contributed by atoms with E-state index in [4.69, 9.17) is 4.74 Å². The molecule has 5 heteroatoms. The molecule has 0 bridgehead atoms. The molecular weight excluding hydrogens is 330 g/mol. The lowest BCUT2D eigenvalue weighted by atomic mass is 10.1. The fourth-order valence-corrected chi connectivity index (χ4v) is 2.13. The molecule has 0 radical (unpaired) electrons. The number of ether oxygens (including phenoxy) is 1. The number of hydrogen-bond donors (Lipinski definition) is 1. The number of rotatable bonds is 4. The van der Waals surface area contributed by atoms with Crippen molar-refractivity contribution in [3.63, 3.8) is 0 Å². The third-order valence-corrected chi connectivity index (χ3v) is 3.33. The van der Waals surface area contributed by atoms with Crippen molar-refractivity contribution in [2.75, 3.05) is 0 Å². The highest BCUT2D eigenvalue weighted by Gasteiger charge is 2.12. The SMILES string of the molecule is CC(O)c1ccc(Br)cc1OCc1cccc(F)c1F. The van der Waals surface area contributed by atoms with Crippen LogP contribution in [0.25, 0.3) is 0 Å². The van der Waals surface area contributed by atoms with Crippen LogP contribution in [0.5, 0.6) is 5.75 Å². The molecule has 1 N–H and O–H groups in total. The van der Waals surface area contributed by atoms with Crippen molar-refractivity contribution in [1.29, 1.82) is 0 Å². The summed E-state index contributed by atoms with van der Waals surface area (Å²) in [5, 5.41) is 9.66. The fourth-order valence-electron chi connectivity index (χ4n) is 1.79. The second kappa shape index (κ2) is 6.33. The molecule has 2 rings (SSSR count). The van der Waals surface area contributed by atoms with Crippen molar-refractivity contribution in [2.24, 2.45) is 0 Å². The van der Waals surface area contributed by atoms with Gasteiger partial charge in [-0.15, -0.1) is 0 Å². The van der Waals surface area contributed by atoms with Crippen LogP contribution in [0.3, 0.4) is 0 Å². The Labute approximate surface area is 124 Å². The molecule has 2 aromatic carbocycles. The van der Waals surface area contributed by atoms with Crippen LogP contribution in [0.1, 0.15) is 24.2 Å². The van der Waals surface area contributed by atoms with E-state index < -0.39 is 17.7 Å². The first-order valence-corrected chi connectivity index (χ1v) is 6.81. The smallest absolute Gasteiger partial charge is 0.165 e. The summed E-state index contributed by atoms with van der Waals surface area (Å²) >= 11 is 3.30. The van der Waals surface area contributed by atoms with Gasteiger partial charge < -0.3 is 9.84 Å². The van der Waals surface area contributed by atoms with E-state index in [1.165, 1.54) is 12.1 Å². The van der Waals surface area contributed by atoms with E-state index in [1.807, 2.05) is 0 Å². The zero-order valence-corrected chi connectivity index (χ0v) is 12.3. The standard InChI is InChI=1S/C15H13BrF2O2/c1-9(19)12-6-5-11(16)7-14(12)20-8-10-3-2-4-13(17)15(10)18/h2-7,9,19H,8H2,1H3. The summed E-state index contributed by atoms with van der Waals surface area (Å²) in [5.41, 5.74) is 0.714. The number of halogens is 3. The molecule has 0 amide bonds. The third kappa shape index (κ3) is 3.35. The molecule has 1 unspecified atom stereocenters. The predicted octanol–water partition coefficient (Wildman–Crippen LogP) is 4.36. The van der Waals surface area contributed by atoms with E-state index in [1.54, 1.807) is 25.1 Å². The Morgan fingerprint density at radius 3 is 2.70 bits per heavy atom. The number of aliphatic hydroxyl groups excluding tert-OH is 1. The van der Waals surface area contributed by atoms with Gasteiger partial charge in [0.1, 0.15) is 12.4 Å². The molecule has 2 nitrogen and oxygen atoms in total. The summed E-state index contributed by atoms with van der Waals surface area (Å²) in [6, 6.07) is 9.11. The van der Waals surface area contributed by atoms with Gasteiger partial charge in [-0.3, -0.25) is 0 Å². The lowest BCUT2D eigenvalue weighted by Gasteiger charge is -2.14. The van der Waals surface area contributed by atoms with E-state index in [0.29, 0.717) is 11.3 Å². The quantitative estimate of drug-likeness (QED) is 0.894. The van der Waals surface area contributed by atoms with Gasteiger partial charge in [0.25, 0.3) is 0 Å². The molecular formula is C15H13BrF2O2. The molecule has 0 saturated heterocycles. The van der Waals surface area contributed by atoms with E-state index in [2.05, 4.69) is 15.9 Å². The van der Waals surface area contributed by atoms with Gasteiger partial charge in [-0.05, 0) is 25.1 Å². The molecule has 0 aliphatic rings. The molecule has 0 aliphatic heterocycles. The normalized spacial score (nSPS) is 12.2. The van der Waals surface area contributed by atoms with E-state index in [9.17, 15) is 13.9 Å². The van der Waals surface area contributed by atoms with E-state index in [0.717, 1.165) is 10.5 Å². The minimum atomic E-state index is -0.916. The van der Waals surface area contributed by atoms with Gasteiger partial charge in [-0.2, -0.15) is 0 Å². The van der Waals surface area contributed by atoms with Crippen LogP contribution in [-0.2, 0) is 6.61 Å². The Balaban J connectivity index is 2.22. The first-order chi connectivity index (χ1) is 9.49. The largest absolute Gasteiger partial charge is 0.488 e. The third-order valence-electron chi connectivity index (χ3n) is 2.84. The average Bonchev–Trinajstić information content (AvgIpc) is 2.40. The Morgan fingerprint density at radius 2 is 2.00 bits per heavy atom. The number of aliphatic hydroxyl groups is 1. The molecule has 0 aliphatic carbocycles. The second-order valence-electron chi connectivity index (χ2n) is 4.36. The lowest BCUT2D eigenvalue weighted by Crippen LogP contribution is -2.03. The zero-order valence-electron chi connectivity index (χ0n) is 10.7. The van der Waals surface area contributed by atoms with Crippen LogP contribution in [0.4, 0.5) is 8.78 Å². The number of benzene rings is 2. The van der Waals surface area contributed by atoms with Crippen molar-refractivity contribution < 1.29 is 18.6 Å². The van der Waals surface area contributed by atoms with Crippen molar-refractivity contribution in [3.05, 3.63) is 63.6 Å². The highest BCUT2D eigenvalue weighted by atomic mass is 79.9. The van der Waals surface area contributed by atoms with Crippen LogP contribution < -0.4 is 4.74 Å². The van der Waals surface area contributed by atoms with Gasteiger partial charge in [0.2, 0.25) is 0 Å². The highest BCUT2D eigenvalue weighted by molar-refractivity contribution is 9.10. The Bertz CT molecular complexity index is 615. The maximum absolute atomic E-state index is 13.5. The van der Waals surface area contributed by atoms with Crippen LogP contribution in [0.2, 0.25) is 0 Å². The van der Waals surface area contributed by atoms with Gasteiger partial charge in [-0.25, -0.2) is 8.78 Å². The summed E-state index contributed by atoms with van der Waals surface area (Å²) in [7, 11) is 0. The molecule has 0 aromatic heterocycles. The predicted molar refractivity (Wildman–Crippen MR) is 75.5 cm³/mol. The summed E-state index contributed by atoms with van der Waals surface area (Å²) < 4.78 is 32.9. The van der Waals surface area contributed by atoms with Gasteiger partial charge in [0.15, 0.2) is 11.6 Å². The molecule has 0 saturated carbocycles. The summed E-state index contributed by atoms with van der Waals surface area (Å²) in [4.78, 5) is 0. The van der Waals surface area contributed by atoms with Crippen molar-refractivity contribution in [2.45, 2.75) is 19.6 Å². The maximum atomic E-state index is 13.5. The molecule has 1 atom stereocenters. The van der Waals surface area contributed by atoms with E-state index >= 15 is 0 Å². The monoisotopic (exact) mass is 342 g/mol. The van der Waals surface area contributed by atoms with Gasteiger partial charge in [0, 0.05) is 15.6 Å². The van der Waals surface area contributed by atoms with Crippen LogP contribution >= 0.6 is 15.9 Å². The fraction of sp³-hybridized carbons (Fsp3) is 0.200. The topological polar surface area (TPSA) is 29.5 Å². The highest BCUT2D eigenvalue weighted by Crippen LogP contribution is 2.29. The molecule has 2 aromatic rings. The summed E-state index contributed by atoms with van der Waals surface area (Å²) in [6.07, 6.45) is -0.713. The van der Waals surface area contributed by atoms with Crippen molar-refractivity contribution in [3.8, 4) is 5.75 Å². The molecule has 20 heavy (non-hydrogen) atoms. The first-order valence-electron chi connectivity index (χ1n) is 6.02. The average molecular weight is 343 g/mol. The Hall–Kier alpha value is -1.46. The van der Waals surface area contributed by atoms with Crippen LogP contribution in [0, 0.1) is 11.6 Å². The van der Waals surface area contributed by atoms with Crippen LogP contribution in [0.15, 0.2) is 40.9 Å². The molecule has 106 valence electrons. The molecule has 0 spiro atoms. The summed E-state index contributed by atoms with van der Waals surface area (Å²) in [6.45, 7) is 1.50. The maximum Gasteiger partial charge on any atom is 0.165 e. The Morgan fingerprint density at radius 1 is 1.25 bits per heavy atom. The zero-order chi connectivity index (χ0) is 14.7. The van der Waals surface area contributed by atoms with Crippen molar-refractivity contribution >= 4 is 15.9 Å². The van der Waals surface area contributed by atoms with Gasteiger partial charge in [-0.1, -0.05) is 34.1 Å². The first kappa shape index (κ1) is 14.9. The lowest BCUT2D eigenvalue weighted by molar-refractivity contribution is 0.189. The molecule has 0 fully saturated rings.